The van der Waals surface area contributed by atoms with Gasteiger partial charge in [0.05, 0.1) is 5.69 Å². The summed E-state index contributed by atoms with van der Waals surface area (Å²) in [6.07, 6.45) is 1.37. The van der Waals surface area contributed by atoms with Gasteiger partial charge in [0, 0.05) is 0 Å². The summed E-state index contributed by atoms with van der Waals surface area (Å²) in [6, 6.07) is 0. The molecule has 7 nitrogen and oxygen atoms in total. The maximum atomic E-state index is 13.4. The Hall–Kier alpha value is -2.06. The van der Waals surface area contributed by atoms with E-state index in [1.807, 2.05) is 0 Å². The Kier molecular flexibility index (Phi) is 6.80. The predicted molar refractivity (Wildman–Crippen MR) is 85.4 cm³/mol. The Morgan fingerprint density at radius 3 is 2.58 bits per heavy atom. The van der Waals surface area contributed by atoms with Crippen molar-refractivity contribution in [3.8, 4) is 5.88 Å². The van der Waals surface area contributed by atoms with Gasteiger partial charge in [0.15, 0.2) is 6.61 Å². The van der Waals surface area contributed by atoms with Crippen molar-refractivity contribution < 1.29 is 28.2 Å². The van der Waals surface area contributed by atoms with E-state index >= 15 is 0 Å². The highest BCUT2D eigenvalue weighted by Crippen LogP contribution is 2.35. The van der Waals surface area contributed by atoms with Crippen molar-refractivity contribution in [2.75, 3.05) is 18.9 Å². The van der Waals surface area contributed by atoms with Gasteiger partial charge in [-0.2, -0.15) is 9.37 Å². The predicted octanol–water partition coefficient (Wildman–Crippen LogP) is 2.54. The summed E-state index contributed by atoms with van der Waals surface area (Å²) < 4.78 is 28.1. The number of hydrogen-bond donors (Lipinski definition) is 1. The molecule has 0 atom stereocenters. The minimum absolute atomic E-state index is 0.0286. The van der Waals surface area contributed by atoms with E-state index < -0.39 is 41.0 Å². The van der Waals surface area contributed by atoms with Gasteiger partial charge < -0.3 is 19.9 Å². The number of ether oxygens (including phenoxy) is 3. The monoisotopic (exact) mass is 380 g/mol. The number of nitrogen functional groups attached to an aromatic ring is 1. The van der Waals surface area contributed by atoms with Gasteiger partial charge in [0.1, 0.15) is 16.7 Å². The van der Waals surface area contributed by atoms with Crippen molar-refractivity contribution >= 4 is 40.8 Å². The normalized spacial score (nSPS) is 10.9. The average molecular weight is 381 g/mol. The molecule has 0 radical (unpaired) electrons. The van der Waals surface area contributed by atoms with E-state index in [1.54, 1.807) is 0 Å². The third kappa shape index (κ3) is 4.97. The third-order valence-electron chi connectivity index (χ3n) is 2.56. The third-order valence-corrected chi connectivity index (χ3v) is 3.29. The molecule has 1 rings (SSSR count). The maximum Gasteiger partial charge on any atom is 0.350 e. The number of rotatable bonds is 7. The van der Waals surface area contributed by atoms with Crippen LogP contribution in [0.2, 0.25) is 10.0 Å². The lowest BCUT2D eigenvalue weighted by Gasteiger charge is -2.22. The Bertz CT molecular complexity index is 667. The van der Waals surface area contributed by atoms with Crippen LogP contribution in [0.15, 0.2) is 12.7 Å². The van der Waals surface area contributed by atoms with Gasteiger partial charge in [-0.3, -0.25) is 0 Å². The molecule has 0 aromatic carbocycles. The lowest BCUT2D eigenvalue weighted by Crippen LogP contribution is -2.40. The number of carbonyl (C=O) groups excluding carboxylic acids is 2. The lowest BCUT2D eigenvalue weighted by atomic mass is 10.1. The number of pyridine rings is 1. The van der Waals surface area contributed by atoms with Crippen LogP contribution < -0.4 is 10.5 Å². The first-order chi connectivity index (χ1) is 11.1. The summed E-state index contributed by atoms with van der Waals surface area (Å²) in [7, 11) is 0. The highest BCUT2D eigenvalue weighted by molar-refractivity contribution is 6.39. The van der Waals surface area contributed by atoms with E-state index in [4.69, 9.17) is 43.1 Å². The Morgan fingerprint density at radius 2 is 2.00 bits per heavy atom. The summed E-state index contributed by atoms with van der Waals surface area (Å²) >= 11 is 11.3. The standard InChI is InChI=1S/C14H15Cl2FN2O5/c1-4-5-22-13(21)14(2,3)24-7(20)6-23-12-9(16)10(18)8(15)11(17)19-12/h4H,1,5-6H2,2-3H3,(H2,18,19). The van der Waals surface area contributed by atoms with Crippen molar-refractivity contribution in [2.45, 2.75) is 19.4 Å². The Labute approximate surface area is 147 Å². The van der Waals surface area contributed by atoms with Gasteiger partial charge in [-0.1, -0.05) is 35.9 Å². The van der Waals surface area contributed by atoms with E-state index in [1.165, 1.54) is 19.9 Å². The van der Waals surface area contributed by atoms with Crippen molar-refractivity contribution in [3.05, 3.63) is 28.6 Å². The van der Waals surface area contributed by atoms with Crippen LogP contribution in [0.4, 0.5) is 10.1 Å². The fourth-order valence-corrected chi connectivity index (χ4v) is 1.77. The summed E-state index contributed by atoms with van der Waals surface area (Å²) in [6.45, 7) is 5.34. The van der Waals surface area contributed by atoms with Crippen LogP contribution in [0.3, 0.4) is 0 Å². The molecular formula is C14H15Cl2FN2O5. The molecule has 1 aromatic heterocycles. The second-order valence-electron chi connectivity index (χ2n) is 4.91. The van der Waals surface area contributed by atoms with Gasteiger partial charge in [-0.25, -0.2) is 9.59 Å². The number of aromatic nitrogens is 1. The van der Waals surface area contributed by atoms with Crippen molar-refractivity contribution in [1.82, 2.24) is 4.98 Å². The van der Waals surface area contributed by atoms with Gasteiger partial charge in [-0.05, 0) is 13.8 Å². The molecule has 0 amide bonds. The van der Waals surface area contributed by atoms with Gasteiger partial charge in [0.2, 0.25) is 17.4 Å². The number of nitrogens with two attached hydrogens (primary N) is 1. The average Bonchev–Trinajstić information content (AvgIpc) is 2.52. The Morgan fingerprint density at radius 1 is 1.38 bits per heavy atom. The highest BCUT2D eigenvalue weighted by atomic mass is 35.5. The molecule has 0 aliphatic heterocycles. The zero-order valence-electron chi connectivity index (χ0n) is 12.9. The van der Waals surface area contributed by atoms with E-state index in [2.05, 4.69) is 11.6 Å². The van der Waals surface area contributed by atoms with Crippen LogP contribution in [0.25, 0.3) is 0 Å². The largest absolute Gasteiger partial charge is 0.464 e. The number of esters is 2. The first kappa shape index (κ1) is 20.0. The minimum Gasteiger partial charge on any atom is -0.464 e. The quantitative estimate of drug-likeness (QED) is 0.440. The summed E-state index contributed by atoms with van der Waals surface area (Å²) in [4.78, 5) is 26.8. The molecule has 1 heterocycles. The lowest BCUT2D eigenvalue weighted by molar-refractivity contribution is -0.179. The minimum atomic E-state index is -1.55. The molecular weight excluding hydrogens is 366 g/mol. The second-order valence-corrected chi connectivity index (χ2v) is 5.67. The fraction of sp³-hybridized carbons (Fsp3) is 0.357. The molecule has 10 heteroatoms. The maximum absolute atomic E-state index is 13.4. The molecule has 0 bridgehead atoms. The first-order valence-corrected chi connectivity index (χ1v) is 7.28. The summed E-state index contributed by atoms with van der Waals surface area (Å²) in [5.41, 5.74) is 3.64. The smallest absolute Gasteiger partial charge is 0.350 e. The molecule has 0 saturated carbocycles. The van der Waals surface area contributed by atoms with Crippen LogP contribution >= 0.6 is 23.2 Å². The molecule has 0 fully saturated rings. The van der Waals surface area contributed by atoms with Crippen molar-refractivity contribution in [3.63, 3.8) is 0 Å². The van der Waals surface area contributed by atoms with Crippen LogP contribution in [-0.4, -0.2) is 35.7 Å². The van der Waals surface area contributed by atoms with E-state index in [-0.39, 0.29) is 17.3 Å². The molecule has 0 aliphatic carbocycles. The molecule has 24 heavy (non-hydrogen) atoms. The van der Waals surface area contributed by atoms with Gasteiger partial charge in [0.25, 0.3) is 0 Å². The Balaban J connectivity index is 2.70. The molecule has 0 aliphatic rings. The second kappa shape index (κ2) is 8.16. The van der Waals surface area contributed by atoms with Gasteiger partial charge in [-0.15, -0.1) is 0 Å². The summed E-state index contributed by atoms with van der Waals surface area (Å²) in [5, 5.41) is -0.708. The van der Waals surface area contributed by atoms with Crippen LogP contribution in [0.5, 0.6) is 5.88 Å². The van der Waals surface area contributed by atoms with Crippen LogP contribution in [-0.2, 0) is 19.1 Å². The number of carbonyl (C=O) groups is 2. The number of hydrogen-bond acceptors (Lipinski definition) is 7. The van der Waals surface area contributed by atoms with Gasteiger partial charge >= 0.3 is 11.9 Å². The van der Waals surface area contributed by atoms with E-state index in [0.29, 0.717) is 0 Å². The zero-order valence-corrected chi connectivity index (χ0v) is 14.4. The molecule has 0 unspecified atom stereocenters. The van der Waals surface area contributed by atoms with E-state index in [0.717, 1.165) is 0 Å². The zero-order chi connectivity index (χ0) is 18.5. The molecule has 132 valence electrons. The van der Waals surface area contributed by atoms with Crippen molar-refractivity contribution in [1.29, 1.82) is 0 Å². The first-order valence-electron chi connectivity index (χ1n) is 6.52. The van der Waals surface area contributed by atoms with E-state index in [9.17, 15) is 14.0 Å². The molecule has 0 saturated heterocycles. The SMILES string of the molecule is C=CCOC(=O)C(C)(C)OC(=O)COc1nc(F)c(Cl)c(N)c1Cl. The fourth-order valence-electron chi connectivity index (χ4n) is 1.40. The summed E-state index contributed by atoms with van der Waals surface area (Å²) in [5.74, 6) is -3.23. The molecule has 2 N–H and O–H groups in total. The topological polar surface area (TPSA) is 101 Å². The number of nitrogens with zero attached hydrogens (tertiary/aromatic N) is 1. The number of halogens is 3. The van der Waals surface area contributed by atoms with Crippen LogP contribution in [0, 0.1) is 5.95 Å². The molecule has 0 spiro atoms. The number of anilines is 1. The molecule has 1 aromatic rings. The van der Waals surface area contributed by atoms with Crippen molar-refractivity contribution in [2.24, 2.45) is 0 Å². The highest BCUT2D eigenvalue weighted by Gasteiger charge is 2.34. The van der Waals surface area contributed by atoms with Crippen LogP contribution in [0.1, 0.15) is 13.8 Å².